The van der Waals surface area contributed by atoms with E-state index in [0.29, 0.717) is 11.1 Å². The van der Waals surface area contributed by atoms with Crippen molar-refractivity contribution in [2.45, 2.75) is 0 Å². The molecule has 0 aliphatic rings. The van der Waals surface area contributed by atoms with Gasteiger partial charge in [0, 0.05) is 21.5 Å². The van der Waals surface area contributed by atoms with Crippen molar-refractivity contribution in [1.82, 2.24) is 4.40 Å². The molecule has 6 aromatic carbocycles. The summed E-state index contributed by atoms with van der Waals surface area (Å²) in [5.41, 5.74) is 6.68. The van der Waals surface area contributed by atoms with E-state index in [1.807, 2.05) is 36.4 Å². The molecule has 2 heterocycles. The van der Waals surface area contributed by atoms with Crippen LogP contribution < -0.4 is 0 Å². The first-order chi connectivity index (χ1) is 18.2. The largest absolute Gasteiger partial charge is 0.308 e. The van der Waals surface area contributed by atoms with E-state index in [1.54, 1.807) is 0 Å². The van der Waals surface area contributed by atoms with E-state index >= 15 is 0 Å². The number of benzene rings is 6. The Labute approximate surface area is 212 Å². The summed E-state index contributed by atoms with van der Waals surface area (Å²) in [5, 5.41) is 28.6. The molecule has 0 saturated heterocycles. The normalized spacial score (nSPS) is 11.7. The monoisotopic (exact) mass is 467 g/mol. The Balaban J connectivity index is 1.48. The fraction of sp³-hybridized carbons (Fsp3) is 0. The molecule has 168 valence electrons. The predicted molar refractivity (Wildman–Crippen MR) is 151 cm³/mol. The zero-order valence-corrected chi connectivity index (χ0v) is 19.7. The third-order valence-corrected chi connectivity index (χ3v) is 7.73. The molecule has 0 aliphatic carbocycles. The van der Waals surface area contributed by atoms with E-state index in [1.165, 1.54) is 21.5 Å². The number of rotatable bonds is 1. The molecule has 3 heteroatoms. The maximum atomic E-state index is 9.57. The molecule has 0 N–H and O–H groups in total. The SMILES string of the molecule is N#Cc1ccc2c3cc(-c4ccc5c(ccc6ccccc65)c4)cc4c5ccc(C#N)cc5n(c2c1)c34. The molecule has 0 fully saturated rings. The summed E-state index contributed by atoms with van der Waals surface area (Å²) in [4.78, 5) is 0. The van der Waals surface area contributed by atoms with Crippen LogP contribution in [0, 0.1) is 22.7 Å². The Morgan fingerprint density at radius 2 is 1.05 bits per heavy atom. The predicted octanol–water partition coefficient (Wildman–Crippen LogP) is 8.55. The molecule has 0 aliphatic heterocycles. The average molecular weight is 468 g/mol. The molecule has 0 radical (unpaired) electrons. The number of hydrogen-bond donors (Lipinski definition) is 0. The molecule has 0 unspecified atom stereocenters. The molecule has 0 saturated carbocycles. The van der Waals surface area contributed by atoms with Crippen LogP contribution in [-0.2, 0) is 0 Å². The Hall–Kier alpha value is -5.38. The van der Waals surface area contributed by atoms with Gasteiger partial charge in [-0.05, 0) is 75.1 Å². The summed E-state index contributed by atoms with van der Waals surface area (Å²) in [6.07, 6.45) is 0. The van der Waals surface area contributed by atoms with Crippen LogP contribution >= 0.6 is 0 Å². The van der Waals surface area contributed by atoms with Gasteiger partial charge in [0.1, 0.15) is 0 Å². The number of nitriles is 2. The van der Waals surface area contributed by atoms with Crippen LogP contribution in [0.5, 0.6) is 0 Å². The van der Waals surface area contributed by atoms with Crippen LogP contribution in [0.25, 0.3) is 70.8 Å². The molecule has 0 bridgehead atoms. The van der Waals surface area contributed by atoms with Crippen molar-refractivity contribution in [2.75, 3.05) is 0 Å². The van der Waals surface area contributed by atoms with E-state index in [4.69, 9.17) is 0 Å². The molecule has 8 rings (SSSR count). The maximum Gasteiger partial charge on any atom is 0.0992 e. The fourth-order valence-corrected chi connectivity index (χ4v) is 6.04. The molecule has 0 atom stereocenters. The summed E-state index contributed by atoms with van der Waals surface area (Å²) < 4.78 is 2.22. The van der Waals surface area contributed by atoms with E-state index in [0.717, 1.165) is 49.2 Å². The second-order valence-electron chi connectivity index (χ2n) is 9.67. The summed E-state index contributed by atoms with van der Waals surface area (Å²) in [6, 6.07) is 40.5. The molecule has 8 aromatic rings. The molecular weight excluding hydrogens is 450 g/mol. The maximum absolute atomic E-state index is 9.57. The van der Waals surface area contributed by atoms with E-state index in [-0.39, 0.29) is 0 Å². The first kappa shape index (κ1) is 19.9. The summed E-state index contributed by atoms with van der Waals surface area (Å²) >= 11 is 0. The van der Waals surface area contributed by atoms with Crippen molar-refractivity contribution in [2.24, 2.45) is 0 Å². The first-order valence-corrected chi connectivity index (χ1v) is 12.2. The lowest BCUT2D eigenvalue weighted by Crippen LogP contribution is -1.83. The van der Waals surface area contributed by atoms with Crippen LogP contribution in [0.3, 0.4) is 0 Å². The fourth-order valence-electron chi connectivity index (χ4n) is 6.04. The standard InChI is InChI=1S/C34H17N3/c35-18-20-5-10-28-30-16-25(23-9-12-27-24(15-23)8-7-22-3-1-2-4-26(22)27)17-31-29-11-6-21(19-36)14-33(29)37(34(30)31)32(28)13-20/h1-17H. The van der Waals surface area contributed by atoms with Crippen molar-refractivity contribution in [3.8, 4) is 23.3 Å². The van der Waals surface area contributed by atoms with Gasteiger partial charge >= 0.3 is 0 Å². The van der Waals surface area contributed by atoms with Gasteiger partial charge in [-0.2, -0.15) is 10.5 Å². The van der Waals surface area contributed by atoms with Crippen molar-refractivity contribution < 1.29 is 0 Å². The second kappa shape index (κ2) is 7.08. The van der Waals surface area contributed by atoms with Crippen molar-refractivity contribution in [1.29, 1.82) is 10.5 Å². The highest BCUT2D eigenvalue weighted by Gasteiger charge is 2.19. The van der Waals surface area contributed by atoms with E-state index in [2.05, 4.69) is 83.3 Å². The van der Waals surface area contributed by atoms with Gasteiger partial charge < -0.3 is 4.40 Å². The Bertz CT molecular complexity index is 2220. The van der Waals surface area contributed by atoms with Crippen LogP contribution in [0.4, 0.5) is 0 Å². The Morgan fingerprint density at radius 1 is 0.459 bits per heavy atom. The lowest BCUT2D eigenvalue weighted by atomic mass is 9.95. The number of hydrogen-bond acceptors (Lipinski definition) is 2. The Kier molecular flexibility index (Phi) is 3.80. The number of aromatic nitrogens is 1. The molecule has 0 amide bonds. The van der Waals surface area contributed by atoms with Crippen molar-refractivity contribution >= 4 is 59.6 Å². The summed E-state index contributed by atoms with van der Waals surface area (Å²) in [6.45, 7) is 0. The average Bonchev–Trinajstić information content (AvgIpc) is 3.47. The lowest BCUT2D eigenvalue weighted by molar-refractivity contribution is 1.36. The third-order valence-electron chi connectivity index (χ3n) is 7.73. The zero-order valence-electron chi connectivity index (χ0n) is 19.7. The third kappa shape index (κ3) is 2.63. The van der Waals surface area contributed by atoms with Crippen LogP contribution in [-0.4, -0.2) is 4.40 Å². The second-order valence-corrected chi connectivity index (χ2v) is 9.67. The number of nitrogens with zero attached hydrogens (tertiary/aromatic N) is 3. The molecule has 3 nitrogen and oxygen atoms in total. The van der Waals surface area contributed by atoms with Gasteiger partial charge in [0.2, 0.25) is 0 Å². The topological polar surface area (TPSA) is 52.0 Å². The lowest BCUT2D eigenvalue weighted by Gasteiger charge is -2.08. The highest BCUT2D eigenvalue weighted by molar-refractivity contribution is 6.24. The summed E-state index contributed by atoms with van der Waals surface area (Å²) in [7, 11) is 0. The molecule has 37 heavy (non-hydrogen) atoms. The Morgan fingerprint density at radius 3 is 1.73 bits per heavy atom. The van der Waals surface area contributed by atoms with Gasteiger partial charge in [-0.3, -0.25) is 0 Å². The van der Waals surface area contributed by atoms with Gasteiger partial charge in [0.15, 0.2) is 0 Å². The van der Waals surface area contributed by atoms with Gasteiger partial charge in [-0.15, -0.1) is 0 Å². The molecular formula is C34H17N3. The van der Waals surface area contributed by atoms with Crippen molar-refractivity contribution in [3.05, 3.63) is 114 Å². The highest BCUT2D eigenvalue weighted by atomic mass is 14.9. The first-order valence-electron chi connectivity index (χ1n) is 12.2. The van der Waals surface area contributed by atoms with Crippen LogP contribution in [0.2, 0.25) is 0 Å². The minimum atomic E-state index is 0.625. The van der Waals surface area contributed by atoms with Gasteiger partial charge in [-0.25, -0.2) is 0 Å². The van der Waals surface area contributed by atoms with Gasteiger partial charge in [0.05, 0.1) is 39.8 Å². The molecule has 0 spiro atoms. The molecule has 2 aromatic heterocycles. The minimum absolute atomic E-state index is 0.625. The zero-order chi connectivity index (χ0) is 24.7. The van der Waals surface area contributed by atoms with Crippen LogP contribution in [0.1, 0.15) is 11.1 Å². The highest BCUT2D eigenvalue weighted by Crippen LogP contribution is 2.42. The smallest absolute Gasteiger partial charge is 0.0992 e. The van der Waals surface area contributed by atoms with Crippen LogP contribution in [0.15, 0.2) is 103 Å². The van der Waals surface area contributed by atoms with Gasteiger partial charge in [-0.1, -0.05) is 60.7 Å². The quantitative estimate of drug-likeness (QED) is 0.227. The van der Waals surface area contributed by atoms with Gasteiger partial charge in [0.25, 0.3) is 0 Å². The summed E-state index contributed by atoms with van der Waals surface area (Å²) in [5.74, 6) is 0. The van der Waals surface area contributed by atoms with E-state index in [9.17, 15) is 10.5 Å². The minimum Gasteiger partial charge on any atom is -0.308 e. The van der Waals surface area contributed by atoms with Crippen molar-refractivity contribution in [3.63, 3.8) is 0 Å². The van der Waals surface area contributed by atoms with E-state index < -0.39 is 0 Å². The number of fused-ring (bicyclic) bond motifs is 9.